The first-order valence-corrected chi connectivity index (χ1v) is 7.01. The summed E-state index contributed by atoms with van der Waals surface area (Å²) in [5.41, 5.74) is 6.02. The quantitative estimate of drug-likeness (QED) is 0.858. The van der Waals surface area contributed by atoms with E-state index in [0.29, 0.717) is 24.2 Å². The van der Waals surface area contributed by atoms with Crippen LogP contribution < -0.4 is 5.73 Å². The van der Waals surface area contributed by atoms with Gasteiger partial charge in [-0.25, -0.2) is 0 Å². The zero-order valence-electron chi connectivity index (χ0n) is 12.9. The number of rotatable bonds is 6. The molecule has 0 amide bonds. The maximum Gasteiger partial charge on any atom is 0.243 e. The molecule has 0 saturated carbocycles. The Morgan fingerprint density at radius 3 is 2.42 bits per heavy atom. The van der Waals surface area contributed by atoms with E-state index in [1.807, 2.05) is 6.92 Å². The van der Waals surface area contributed by atoms with Gasteiger partial charge in [0.1, 0.15) is 6.10 Å². The van der Waals surface area contributed by atoms with E-state index in [2.05, 4.69) is 44.8 Å². The molecule has 0 spiro atoms. The summed E-state index contributed by atoms with van der Waals surface area (Å²) in [5, 5.41) is 4.05. The highest BCUT2D eigenvalue weighted by Crippen LogP contribution is 2.35. The van der Waals surface area contributed by atoms with Crippen LogP contribution in [-0.4, -0.2) is 16.7 Å². The van der Waals surface area contributed by atoms with E-state index in [9.17, 15) is 0 Å². The van der Waals surface area contributed by atoms with Gasteiger partial charge in [-0.15, -0.1) is 0 Å². The highest BCUT2D eigenvalue weighted by atomic mass is 16.5. The number of aromatic nitrogens is 2. The van der Waals surface area contributed by atoms with Crippen LogP contribution in [0.2, 0.25) is 0 Å². The van der Waals surface area contributed by atoms with Crippen LogP contribution in [0.1, 0.15) is 71.8 Å². The Hall–Kier alpha value is -0.940. The monoisotopic (exact) mass is 269 g/mol. The second-order valence-corrected chi connectivity index (χ2v) is 6.10. The molecule has 0 radical (unpaired) electrons. The van der Waals surface area contributed by atoms with Gasteiger partial charge >= 0.3 is 0 Å². The van der Waals surface area contributed by atoms with E-state index in [0.717, 1.165) is 6.42 Å². The van der Waals surface area contributed by atoms with Gasteiger partial charge < -0.3 is 15.0 Å². The maximum atomic E-state index is 6.11. The highest BCUT2D eigenvalue weighted by Gasteiger charge is 2.32. The molecule has 5 heteroatoms. The molecule has 1 heterocycles. The summed E-state index contributed by atoms with van der Waals surface area (Å²) < 4.78 is 11.1. The van der Waals surface area contributed by atoms with Crippen molar-refractivity contribution in [2.75, 3.05) is 6.61 Å². The maximum absolute atomic E-state index is 6.11. The number of ether oxygens (including phenoxy) is 1. The molecule has 0 aliphatic carbocycles. The van der Waals surface area contributed by atoms with E-state index < -0.39 is 0 Å². The third kappa shape index (κ3) is 4.01. The van der Waals surface area contributed by atoms with Gasteiger partial charge in [-0.1, -0.05) is 46.2 Å². The topological polar surface area (TPSA) is 74.2 Å². The SMILES string of the molecule is CCOC(c1noc([C@@H](N)[C@@H](C)CC)n1)C(C)(C)C. The van der Waals surface area contributed by atoms with Gasteiger partial charge in [0.05, 0.1) is 6.04 Å². The van der Waals surface area contributed by atoms with Crippen LogP contribution >= 0.6 is 0 Å². The van der Waals surface area contributed by atoms with Crippen molar-refractivity contribution in [3.8, 4) is 0 Å². The highest BCUT2D eigenvalue weighted by molar-refractivity contribution is 4.99. The molecule has 0 aliphatic heterocycles. The fourth-order valence-electron chi connectivity index (χ4n) is 1.86. The molecule has 1 unspecified atom stereocenters. The summed E-state index contributed by atoms with van der Waals surface area (Å²) in [6.45, 7) is 13.0. The van der Waals surface area contributed by atoms with Gasteiger partial charge in [0.25, 0.3) is 0 Å². The van der Waals surface area contributed by atoms with E-state index in [4.69, 9.17) is 15.0 Å². The molecule has 3 atom stereocenters. The van der Waals surface area contributed by atoms with Crippen LogP contribution in [-0.2, 0) is 4.74 Å². The molecule has 0 bridgehead atoms. The van der Waals surface area contributed by atoms with Crippen LogP contribution in [0.4, 0.5) is 0 Å². The normalized spacial score (nSPS) is 17.2. The number of hydrogen-bond donors (Lipinski definition) is 1. The molecule has 0 aliphatic rings. The Morgan fingerprint density at radius 2 is 1.95 bits per heavy atom. The predicted octanol–water partition coefficient (Wildman–Crippen LogP) is 3.24. The third-order valence-corrected chi connectivity index (χ3v) is 3.35. The molecule has 110 valence electrons. The molecular formula is C14H27N3O2. The van der Waals surface area contributed by atoms with Gasteiger partial charge in [0.15, 0.2) is 0 Å². The molecule has 5 nitrogen and oxygen atoms in total. The summed E-state index contributed by atoms with van der Waals surface area (Å²) in [5.74, 6) is 1.40. The summed E-state index contributed by atoms with van der Waals surface area (Å²) in [7, 11) is 0. The molecule has 0 fully saturated rings. The lowest BCUT2D eigenvalue weighted by Crippen LogP contribution is -2.23. The average Bonchev–Trinajstić information content (AvgIpc) is 2.81. The minimum Gasteiger partial charge on any atom is -0.370 e. The van der Waals surface area contributed by atoms with Gasteiger partial charge in [0, 0.05) is 6.61 Å². The van der Waals surface area contributed by atoms with E-state index in [1.165, 1.54) is 0 Å². The second-order valence-electron chi connectivity index (χ2n) is 6.10. The predicted molar refractivity (Wildman–Crippen MR) is 74.5 cm³/mol. The van der Waals surface area contributed by atoms with Gasteiger partial charge in [0.2, 0.25) is 11.7 Å². The van der Waals surface area contributed by atoms with Crippen LogP contribution in [0.3, 0.4) is 0 Å². The minimum atomic E-state index is -0.214. The van der Waals surface area contributed by atoms with Crippen LogP contribution in [0.15, 0.2) is 4.52 Å². The fraction of sp³-hybridized carbons (Fsp3) is 0.857. The van der Waals surface area contributed by atoms with Crippen LogP contribution in [0.25, 0.3) is 0 Å². The van der Waals surface area contributed by atoms with Crippen molar-refractivity contribution in [2.45, 2.75) is 60.1 Å². The summed E-state index contributed by atoms with van der Waals surface area (Å²) in [6, 6.07) is -0.214. The number of hydrogen-bond acceptors (Lipinski definition) is 5. The van der Waals surface area contributed by atoms with Crippen molar-refractivity contribution in [1.29, 1.82) is 0 Å². The Balaban J connectivity index is 2.93. The lowest BCUT2D eigenvalue weighted by Gasteiger charge is -2.27. The van der Waals surface area contributed by atoms with Crippen molar-refractivity contribution >= 4 is 0 Å². The molecular weight excluding hydrogens is 242 g/mol. The van der Waals surface area contributed by atoms with Gasteiger partial charge in [-0.2, -0.15) is 4.98 Å². The summed E-state index contributed by atoms with van der Waals surface area (Å²) in [6.07, 6.45) is 0.798. The lowest BCUT2D eigenvalue weighted by atomic mass is 9.88. The van der Waals surface area contributed by atoms with Gasteiger partial charge in [-0.05, 0) is 18.3 Å². The molecule has 1 aromatic rings. The first kappa shape index (κ1) is 16.1. The summed E-state index contributed by atoms with van der Waals surface area (Å²) in [4.78, 5) is 4.44. The van der Waals surface area contributed by atoms with Crippen molar-refractivity contribution in [1.82, 2.24) is 10.1 Å². The average molecular weight is 269 g/mol. The molecule has 0 saturated heterocycles. The Kier molecular flexibility index (Phi) is 5.50. The van der Waals surface area contributed by atoms with E-state index >= 15 is 0 Å². The lowest BCUT2D eigenvalue weighted by molar-refractivity contribution is -0.0203. The first-order chi connectivity index (χ1) is 8.81. The zero-order valence-corrected chi connectivity index (χ0v) is 12.9. The number of nitrogens with zero attached hydrogens (tertiary/aromatic N) is 2. The molecule has 2 N–H and O–H groups in total. The van der Waals surface area contributed by atoms with Crippen molar-refractivity contribution in [3.05, 3.63) is 11.7 Å². The molecule has 19 heavy (non-hydrogen) atoms. The largest absolute Gasteiger partial charge is 0.370 e. The fourth-order valence-corrected chi connectivity index (χ4v) is 1.86. The number of nitrogens with two attached hydrogens (primary N) is 1. The van der Waals surface area contributed by atoms with Crippen LogP contribution in [0.5, 0.6) is 0 Å². The second kappa shape index (κ2) is 6.48. The molecule has 1 rings (SSSR count). The first-order valence-electron chi connectivity index (χ1n) is 7.01. The van der Waals surface area contributed by atoms with E-state index in [1.54, 1.807) is 0 Å². The van der Waals surface area contributed by atoms with Crippen LogP contribution in [0, 0.1) is 11.3 Å². The van der Waals surface area contributed by atoms with Crippen molar-refractivity contribution < 1.29 is 9.26 Å². The van der Waals surface area contributed by atoms with Crippen molar-refractivity contribution in [2.24, 2.45) is 17.1 Å². The third-order valence-electron chi connectivity index (χ3n) is 3.35. The zero-order chi connectivity index (χ0) is 14.6. The Labute approximate surface area is 115 Å². The standard InChI is InChI=1S/C14H27N3O2/c1-7-9(3)10(15)13-16-12(17-19-13)11(18-8-2)14(4,5)6/h9-11H,7-8,15H2,1-6H3/t9-,10-,11?/m0/s1. The summed E-state index contributed by atoms with van der Waals surface area (Å²) >= 11 is 0. The smallest absolute Gasteiger partial charge is 0.243 e. The minimum absolute atomic E-state index is 0.0857. The van der Waals surface area contributed by atoms with Crippen molar-refractivity contribution in [3.63, 3.8) is 0 Å². The van der Waals surface area contributed by atoms with E-state index in [-0.39, 0.29) is 17.6 Å². The Morgan fingerprint density at radius 1 is 1.32 bits per heavy atom. The molecule has 0 aromatic carbocycles. The Bertz CT molecular complexity index is 384. The molecule has 1 aromatic heterocycles. The van der Waals surface area contributed by atoms with Gasteiger partial charge in [-0.3, -0.25) is 0 Å².